The van der Waals surface area contributed by atoms with E-state index in [2.05, 4.69) is 17.6 Å². The fourth-order valence-corrected chi connectivity index (χ4v) is 4.36. The molecule has 3 aliphatic rings. The molecule has 2 saturated carbocycles. The zero-order valence-corrected chi connectivity index (χ0v) is 11.5. The molecular formula is C15H26N2O. The number of carbonyl (C=O) groups is 1. The average molecular weight is 250 g/mol. The summed E-state index contributed by atoms with van der Waals surface area (Å²) < 4.78 is 0. The summed E-state index contributed by atoms with van der Waals surface area (Å²) in [5.41, 5.74) is 0. The van der Waals surface area contributed by atoms with Crippen molar-refractivity contribution in [3.8, 4) is 0 Å². The van der Waals surface area contributed by atoms with Gasteiger partial charge in [-0.3, -0.25) is 4.79 Å². The molecular weight excluding hydrogens is 224 g/mol. The zero-order chi connectivity index (χ0) is 12.5. The Labute approximate surface area is 110 Å². The summed E-state index contributed by atoms with van der Waals surface area (Å²) in [7, 11) is 0. The molecule has 102 valence electrons. The highest BCUT2D eigenvalue weighted by Crippen LogP contribution is 2.47. The fourth-order valence-electron chi connectivity index (χ4n) is 4.36. The highest BCUT2D eigenvalue weighted by molar-refractivity contribution is 5.79. The second-order valence-electron chi connectivity index (χ2n) is 6.88. The number of hydrogen-bond acceptors (Lipinski definition) is 2. The Balaban J connectivity index is 1.44. The van der Waals surface area contributed by atoms with Crippen LogP contribution in [0.4, 0.5) is 0 Å². The summed E-state index contributed by atoms with van der Waals surface area (Å²) in [6.45, 7) is 5.09. The number of piperidine rings is 1. The lowest BCUT2D eigenvalue weighted by atomic mass is 9.88. The highest BCUT2D eigenvalue weighted by Gasteiger charge is 2.39. The van der Waals surface area contributed by atoms with E-state index in [4.69, 9.17) is 0 Å². The molecule has 3 nitrogen and oxygen atoms in total. The Morgan fingerprint density at radius 3 is 2.78 bits per heavy atom. The van der Waals surface area contributed by atoms with E-state index in [1.165, 1.54) is 25.7 Å². The molecule has 0 aromatic rings. The molecule has 1 amide bonds. The number of amides is 1. The maximum absolute atomic E-state index is 12.2. The minimum atomic E-state index is 0.201. The van der Waals surface area contributed by atoms with E-state index in [1.54, 1.807) is 0 Å². The number of carbonyl (C=O) groups excluding carboxylic acids is 1. The van der Waals surface area contributed by atoms with Gasteiger partial charge >= 0.3 is 0 Å². The van der Waals surface area contributed by atoms with Crippen molar-refractivity contribution >= 4 is 5.91 Å². The average Bonchev–Trinajstić information content (AvgIpc) is 2.98. The number of nitrogens with one attached hydrogen (secondary N) is 2. The van der Waals surface area contributed by atoms with E-state index >= 15 is 0 Å². The molecule has 1 aliphatic heterocycles. The van der Waals surface area contributed by atoms with Crippen LogP contribution < -0.4 is 10.6 Å². The van der Waals surface area contributed by atoms with Gasteiger partial charge in [0.05, 0.1) is 5.92 Å². The lowest BCUT2D eigenvalue weighted by Gasteiger charge is -2.28. The van der Waals surface area contributed by atoms with E-state index < -0.39 is 0 Å². The van der Waals surface area contributed by atoms with Crippen LogP contribution in [0.2, 0.25) is 0 Å². The van der Waals surface area contributed by atoms with Crippen molar-refractivity contribution in [1.29, 1.82) is 0 Å². The Morgan fingerprint density at radius 1 is 1.22 bits per heavy atom. The number of hydrogen-bond donors (Lipinski definition) is 2. The third-order valence-electron chi connectivity index (χ3n) is 5.36. The summed E-state index contributed by atoms with van der Waals surface area (Å²) in [5, 5.41) is 6.58. The van der Waals surface area contributed by atoms with E-state index in [0.717, 1.165) is 43.8 Å². The first-order valence-corrected chi connectivity index (χ1v) is 7.70. The van der Waals surface area contributed by atoms with Crippen molar-refractivity contribution in [3.05, 3.63) is 0 Å². The van der Waals surface area contributed by atoms with Gasteiger partial charge in [0.2, 0.25) is 5.91 Å². The summed E-state index contributed by atoms with van der Waals surface area (Å²) in [6.07, 6.45) is 6.70. The van der Waals surface area contributed by atoms with Gasteiger partial charge in [-0.25, -0.2) is 0 Å². The predicted molar refractivity (Wildman–Crippen MR) is 72.1 cm³/mol. The maximum atomic E-state index is 12.2. The summed E-state index contributed by atoms with van der Waals surface area (Å²) in [6, 6.07) is 0. The quantitative estimate of drug-likeness (QED) is 0.802. The summed E-state index contributed by atoms with van der Waals surface area (Å²) >= 11 is 0. The van der Waals surface area contributed by atoms with Crippen LogP contribution in [-0.4, -0.2) is 25.5 Å². The molecule has 5 atom stereocenters. The molecule has 0 aromatic heterocycles. The van der Waals surface area contributed by atoms with Crippen molar-refractivity contribution in [1.82, 2.24) is 10.6 Å². The first-order chi connectivity index (χ1) is 8.72. The highest BCUT2D eigenvalue weighted by atomic mass is 16.1. The SMILES string of the molecule is CC1CNCC(C(=O)NCC2CC3CCC2C3)C1. The van der Waals surface area contributed by atoms with Crippen LogP contribution in [0.15, 0.2) is 0 Å². The van der Waals surface area contributed by atoms with Gasteiger partial charge in [-0.1, -0.05) is 13.3 Å². The van der Waals surface area contributed by atoms with Crippen LogP contribution >= 0.6 is 0 Å². The number of fused-ring (bicyclic) bond motifs is 2. The van der Waals surface area contributed by atoms with Gasteiger partial charge < -0.3 is 10.6 Å². The lowest BCUT2D eigenvalue weighted by Crippen LogP contribution is -2.44. The molecule has 0 radical (unpaired) electrons. The van der Waals surface area contributed by atoms with Crippen LogP contribution in [0.1, 0.15) is 39.0 Å². The zero-order valence-electron chi connectivity index (χ0n) is 11.5. The van der Waals surface area contributed by atoms with Crippen LogP contribution in [-0.2, 0) is 4.79 Å². The van der Waals surface area contributed by atoms with Gasteiger partial charge in [0.15, 0.2) is 0 Å². The second kappa shape index (κ2) is 5.20. The van der Waals surface area contributed by atoms with Crippen molar-refractivity contribution in [2.45, 2.75) is 39.0 Å². The molecule has 0 spiro atoms. The third kappa shape index (κ3) is 2.56. The van der Waals surface area contributed by atoms with Gasteiger partial charge in [-0.2, -0.15) is 0 Å². The topological polar surface area (TPSA) is 41.1 Å². The minimum absolute atomic E-state index is 0.201. The Bertz CT molecular complexity index is 318. The lowest BCUT2D eigenvalue weighted by molar-refractivity contribution is -0.126. The van der Waals surface area contributed by atoms with E-state index in [0.29, 0.717) is 5.92 Å². The van der Waals surface area contributed by atoms with Crippen LogP contribution in [0, 0.1) is 29.6 Å². The monoisotopic (exact) mass is 250 g/mol. The first-order valence-electron chi connectivity index (χ1n) is 7.70. The Hall–Kier alpha value is -0.570. The minimum Gasteiger partial charge on any atom is -0.356 e. The molecule has 3 heteroatoms. The van der Waals surface area contributed by atoms with Gasteiger partial charge in [0.25, 0.3) is 0 Å². The molecule has 2 N–H and O–H groups in total. The van der Waals surface area contributed by atoms with E-state index in [9.17, 15) is 4.79 Å². The van der Waals surface area contributed by atoms with Gasteiger partial charge in [0.1, 0.15) is 0 Å². The second-order valence-corrected chi connectivity index (χ2v) is 6.88. The molecule has 2 bridgehead atoms. The molecule has 18 heavy (non-hydrogen) atoms. The largest absolute Gasteiger partial charge is 0.356 e. The van der Waals surface area contributed by atoms with E-state index in [1.807, 2.05) is 0 Å². The molecule has 1 saturated heterocycles. The van der Waals surface area contributed by atoms with Crippen molar-refractivity contribution in [3.63, 3.8) is 0 Å². The molecule has 0 aromatic carbocycles. The van der Waals surface area contributed by atoms with Gasteiger partial charge in [-0.05, 0) is 55.9 Å². The van der Waals surface area contributed by atoms with Gasteiger partial charge in [0, 0.05) is 13.1 Å². The molecule has 3 rings (SSSR count). The van der Waals surface area contributed by atoms with Crippen molar-refractivity contribution in [2.24, 2.45) is 29.6 Å². The Kier molecular flexibility index (Phi) is 3.60. The predicted octanol–water partition coefficient (Wildman–Crippen LogP) is 1.78. The van der Waals surface area contributed by atoms with Crippen molar-refractivity contribution < 1.29 is 4.79 Å². The molecule has 2 aliphatic carbocycles. The van der Waals surface area contributed by atoms with E-state index in [-0.39, 0.29) is 11.8 Å². The van der Waals surface area contributed by atoms with Crippen LogP contribution in [0.25, 0.3) is 0 Å². The first kappa shape index (κ1) is 12.5. The standard InChI is InChI=1S/C15H26N2O/c1-10-4-14(8-16-7-10)15(18)17-9-13-6-11-2-3-12(13)5-11/h10-14,16H,2-9H2,1H3,(H,17,18). The fraction of sp³-hybridized carbons (Fsp3) is 0.933. The molecule has 3 fully saturated rings. The number of rotatable bonds is 3. The molecule has 1 heterocycles. The smallest absolute Gasteiger partial charge is 0.224 e. The third-order valence-corrected chi connectivity index (χ3v) is 5.36. The summed E-state index contributed by atoms with van der Waals surface area (Å²) in [5.74, 6) is 3.80. The van der Waals surface area contributed by atoms with Crippen LogP contribution in [0.5, 0.6) is 0 Å². The Morgan fingerprint density at radius 2 is 2.11 bits per heavy atom. The normalized spacial score (nSPS) is 43.1. The van der Waals surface area contributed by atoms with Crippen LogP contribution in [0.3, 0.4) is 0 Å². The van der Waals surface area contributed by atoms with Crippen molar-refractivity contribution in [2.75, 3.05) is 19.6 Å². The summed E-state index contributed by atoms with van der Waals surface area (Å²) in [4.78, 5) is 12.2. The maximum Gasteiger partial charge on any atom is 0.224 e. The van der Waals surface area contributed by atoms with Gasteiger partial charge in [-0.15, -0.1) is 0 Å². The molecule has 5 unspecified atom stereocenters.